The number of nitrogens with zero attached hydrogens (tertiary/aromatic N) is 1. The van der Waals surface area contributed by atoms with Crippen molar-refractivity contribution in [2.45, 2.75) is 0 Å². The maximum absolute atomic E-state index is 12.7. The third-order valence-electron chi connectivity index (χ3n) is 1.40. The smallest absolute Gasteiger partial charge is 0.150 e. The summed E-state index contributed by atoms with van der Waals surface area (Å²) in [5.74, 6) is -0.247. The Bertz CT molecular complexity index is 353. The van der Waals surface area contributed by atoms with Crippen LogP contribution in [0.4, 0.5) is 4.39 Å². The first-order valence-corrected chi connectivity index (χ1v) is 2.95. The molecular formula is C7H5FN2. The quantitative estimate of drug-likeness (QED) is 0.586. The Morgan fingerprint density at radius 2 is 2.40 bits per heavy atom. The Balaban J connectivity index is 2.93. The molecule has 0 aliphatic heterocycles. The van der Waals surface area contributed by atoms with E-state index in [1.54, 1.807) is 18.3 Å². The van der Waals surface area contributed by atoms with Gasteiger partial charge in [-0.2, -0.15) is 0 Å². The number of fused-ring (bicyclic) bond motifs is 1. The lowest BCUT2D eigenvalue weighted by Crippen LogP contribution is -1.72. The highest BCUT2D eigenvalue weighted by Gasteiger charge is 1.99. The van der Waals surface area contributed by atoms with Crippen molar-refractivity contribution < 1.29 is 4.39 Å². The highest BCUT2D eigenvalue weighted by molar-refractivity contribution is 5.75. The lowest BCUT2D eigenvalue weighted by molar-refractivity contribution is 0.639. The molecule has 3 heteroatoms. The van der Waals surface area contributed by atoms with E-state index in [4.69, 9.17) is 0 Å². The molecule has 0 unspecified atom stereocenters. The van der Waals surface area contributed by atoms with Crippen LogP contribution in [0.15, 0.2) is 24.5 Å². The molecule has 2 aromatic heterocycles. The molecule has 0 atom stereocenters. The summed E-state index contributed by atoms with van der Waals surface area (Å²) in [6.45, 7) is 0. The van der Waals surface area contributed by atoms with Crippen LogP contribution in [0.5, 0.6) is 0 Å². The summed E-state index contributed by atoms with van der Waals surface area (Å²) in [5.41, 5.74) is 0.597. The molecule has 0 amide bonds. The Labute approximate surface area is 56.7 Å². The molecule has 10 heavy (non-hydrogen) atoms. The normalized spacial score (nSPS) is 10.5. The van der Waals surface area contributed by atoms with Gasteiger partial charge in [-0.1, -0.05) is 0 Å². The van der Waals surface area contributed by atoms with Crippen molar-refractivity contribution in [3.8, 4) is 0 Å². The number of rotatable bonds is 0. The molecular weight excluding hydrogens is 131 g/mol. The molecule has 0 saturated carbocycles. The zero-order chi connectivity index (χ0) is 6.97. The number of halogens is 1. The number of pyridine rings is 1. The minimum absolute atomic E-state index is 0.247. The van der Waals surface area contributed by atoms with Crippen molar-refractivity contribution in [1.29, 1.82) is 0 Å². The summed E-state index contributed by atoms with van der Waals surface area (Å²) in [6.07, 6.45) is 2.93. The molecule has 50 valence electrons. The number of H-pyrrole nitrogens is 1. The van der Waals surface area contributed by atoms with Gasteiger partial charge in [0.05, 0.1) is 5.39 Å². The molecule has 2 rings (SSSR count). The lowest BCUT2D eigenvalue weighted by Gasteiger charge is -1.83. The highest BCUT2D eigenvalue weighted by atomic mass is 19.1. The molecule has 2 nitrogen and oxygen atoms in total. The maximum Gasteiger partial charge on any atom is 0.150 e. The highest BCUT2D eigenvalue weighted by Crippen LogP contribution is 2.12. The molecule has 0 bridgehead atoms. The first-order chi connectivity index (χ1) is 4.88. The fourth-order valence-corrected chi connectivity index (χ4v) is 0.923. The lowest BCUT2D eigenvalue weighted by atomic mass is 10.3. The first-order valence-electron chi connectivity index (χ1n) is 2.95. The molecule has 0 radical (unpaired) electrons. The van der Waals surface area contributed by atoms with Gasteiger partial charge >= 0.3 is 0 Å². The fourth-order valence-electron chi connectivity index (χ4n) is 0.923. The summed E-state index contributed by atoms with van der Waals surface area (Å²) >= 11 is 0. The second-order valence-corrected chi connectivity index (χ2v) is 2.04. The van der Waals surface area contributed by atoms with E-state index in [9.17, 15) is 4.39 Å². The second-order valence-electron chi connectivity index (χ2n) is 2.04. The molecule has 0 aromatic carbocycles. The van der Waals surface area contributed by atoms with Crippen molar-refractivity contribution in [3.05, 3.63) is 30.3 Å². The molecule has 0 fully saturated rings. The van der Waals surface area contributed by atoms with Gasteiger partial charge in [0.2, 0.25) is 0 Å². The van der Waals surface area contributed by atoms with Gasteiger partial charge in [-0.05, 0) is 12.1 Å². The van der Waals surface area contributed by atoms with Gasteiger partial charge in [0.25, 0.3) is 0 Å². The van der Waals surface area contributed by atoms with E-state index in [0.717, 1.165) is 0 Å². The van der Waals surface area contributed by atoms with Crippen molar-refractivity contribution in [2.75, 3.05) is 0 Å². The third-order valence-corrected chi connectivity index (χ3v) is 1.40. The minimum Gasteiger partial charge on any atom is -0.343 e. The van der Waals surface area contributed by atoms with E-state index in [2.05, 4.69) is 9.97 Å². The monoisotopic (exact) mass is 136 g/mol. The van der Waals surface area contributed by atoms with Gasteiger partial charge in [-0.15, -0.1) is 0 Å². The van der Waals surface area contributed by atoms with Crippen LogP contribution in [0.2, 0.25) is 0 Å². The van der Waals surface area contributed by atoms with Crippen LogP contribution in [-0.4, -0.2) is 9.97 Å². The van der Waals surface area contributed by atoms with Gasteiger partial charge in [0.1, 0.15) is 11.5 Å². The largest absolute Gasteiger partial charge is 0.343 e. The predicted molar refractivity (Wildman–Crippen MR) is 36.1 cm³/mol. The Morgan fingerprint density at radius 1 is 1.50 bits per heavy atom. The first kappa shape index (κ1) is 5.41. The number of aromatic amines is 1. The standard InChI is InChI=1S/C7H5FN2/c8-6-4-10-7-5(6)2-1-3-9-7/h1-4H,(H,9,10). The number of hydrogen-bond donors (Lipinski definition) is 1. The number of hydrogen-bond acceptors (Lipinski definition) is 1. The van der Waals surface area contributed by atoms with E-state index in [0.29, 0.717) is 11.0 Å². The molecule has 0 saturated heterocycles. The summed E-state index contributed by atoms with van der Waals surface area (Å²) in [7, 11) is 0. The van der Waals surface area contributed by atoms with Gasteiger partial charge in [0.15, 0.2) is 0 Å². The van der Waals surface area contributed by atoms with Gasteiger partial charge < -0.3 is 4.98 Å². The van der Waals surface area contributed by atoms with Crippen molar-refractivity contribution >= 4 is 11.0 Å². The molecule has 0 aliphatic rings. The third kappa shape index (κ3) is 0.603. The minimum atomic E-state index is -0.247. The van der Waals surface area contributed by atoms with Crippen LogP contribution in [0, 0.1) is 5.82 Å². The van der Waals surface area contributed by atoms with Gasteiger partial charge in [-0.3, -0.25) is 0 Å². The Morgan fingerprint density at radius 3 is 3.20 bits per heavy atom. The summed E-state index contributed by atoms with van der Waals surface area (Å²) < 4.78 is 12.7. The van der Waals surface area contributed by atoms with Crippen LogP contribution in [-0.2, 0) is 0 Å². The van der Waals surface area contributed by atoms with Gasteiger partial charge in [0, 0.05) is 12.4 Å². The number of nitrogens with one attached hydrogen (secondary N) is 1. The molecule has 1 N–H and O–H groups in total. The average Bonchev–Trinajstić information content (AvgIpc) is 2.34. The van der Waals surface area contributed by atoms with E-state index in [1.165, 1.54) is 6.20 Å². The summed E-state index contributed by atoms with van der Waals surface area (Å²) in [5, 5.41) is 0.544. The topological polar surface area (TPSA) is 28.7 Å². The van der Waals surface area contributed by atoms with E-state index < -0.39 is 0 Å². The Hall–Kier alpha value is -1.38. The van der Waals surface area contributed by atoms with Crippen LogP contribution < -0.4 is 0 Å². The zero-order valence-corrected chi connectivity index (χ0v) is 5.13. The van der Waals surface area contributed by atoms with Crippen LogP contribution >= 0.6 is 0 Å². The molecule has 2 heterocycles. The SMILES string of the molecule is Fc1c[nH]c2ncccc12. The second kappa shape index (κ2) is 1.80. The number of aromatic nitrogens is 2. The van der Waals surface area contributed by atoms with E-state index in [-0.39, 0.29) is 5.82 Å². The van der Waals surface area contributed by atoms with Crippen LogP contribution in [0.1, 0.15) is 0 Å². The zero-order valence-electron chi connectivity index (χ0n) is 5.13. The van der Waals surface area contributed by atoms with Gasteiger partial charge in [-0.25, -0.2) is 9.37 Å². The van der Waals surface area contributed by atoms with Crippen LogP contribution in [0.25, 0.3) is 11.0 Å². The fraction of sp³-hybridized carbons (Fsp3) is 0. The van der Waals surface area contributed by atoms with Crippen molar-refractivity contribution in [2.24, 2.45) is 0 Å². The predicted octanol–water partition coefficient (Wildman–Crippen LogP) is 1.70. The Kier molecular flexibility index (Phi) is 0.974. The molecule has 2 aromatic rings. The maximum atomic E-state index is 12.7. The molecule has 0 aliphatic carbocycles. The average molecular weight is 136 g/mol. The molecule has 0 spiro atoms. The summed E-state index contributed by atoms with van der Waals surface area (Å²) in [6, 6.07) is 3.40. The van der Waals surface area contributed by atoms with Crippen molar-refractivity contribution in [3.63, 3.8) is 0 Å². The van der Waals surface area contributed by atoms with Crippen molar-refractivity contribution in [1.82, 2.24) is 9.97 Å². The van der Waals surface area contributed by atoms with Crippen LogP contribution in [0.3, 0.4) is 0 Å². The summed E-state index contributed by atoms with van der Waals surface area (Å²) in [4.78, 5) is 6.61. The van der Waals surface area contributed by atoms with E-state index in [1.807, 2.05) is 0 Å². The van der Waals surface area contributed by atoms with E-state index >= 15 is 0 Å².